The van der Waals surface area contributed by atoms with Crippen LogP contribution < -0.4 is 0 Å². The average Bonchev–Trinajstić information content (AvgIpc) is 3.27. The Morgan fingerprint density at radius 2 is 1.64 bits per heavy atom. The minimum atomic E-state index is -1.15. The van der Waals surface area contributed by atoms with Crippen molar-refractivity contribution in [1.82, 2.24) is 0 Å². The summed E-state index contributed by atoms with van der Waals surface area (Å²) >= 11 is 0. The number of carboxylic acids is 1. The van der Waals surface area contributed by atoms with Crippen molar-refractivity contribution in [2.75, 3.05) is 26.4 Å². The molecule has 0 aromatic carbocycles. The monoisotopic (exact) mass is 356 g/mol. The van der Waals surface area contributed by atoms with E-state index in [-0.39, 0.29) is 0 Å². The number of unbranched alkanes of at least 4 members (excludes halogenated alkanes) is 5. The maximum Gasteiger partial charge on any atom is 0.339 e. The van der Waals surface area contributed by atoms with E-state index < -0.39 is 17.2 Å². The Hall–Kier alpha value is -0.650. The van der Waals surface area contributed by atoms with Crippen molar-refractivity contribution in [3.05, 3.63) is 0 Å². The van der Waals surface area contributed by atoms with Crippen molar-refractivity contribution in [1.29, 1.82) is 0 Å². The quantitative estimate of drug-likeness (QED) is 0.498. The van der Waals surface area contributed by atoms with Crippen molar-refractivity contribution in [2.24, 2.45) is 0 Å². The second-order valence-corrected chi connectivity index (χ2v) is 7.51. The van der Waals surface area contributed by atoms with E-state index in [2.05, 4.69) is 6.92 Å². The lowest BCUT2D eigenvalue weighted by Gasteiger charge is -2.41. The maximum atomic E-state index is 12.0. The fourth-order valence-corrected chi connectivity index (χ4v) is 4.32. The molecular weight excluding hydrogens is 320 g/mol. The lowest BCUT2D eigenvalue weighted by atomic mass is 9.75. The molecule has 2 heterocycles. The van der Waals surface area contributed by atoms with Gasteiger partial charge in [0.2, 0.25) is 0 Å². The van der Waals surface area contributed by atoms with Gasteiger partial charge in [0.05, 0.1) is 0 Å². The summed E-state index contributed by atoms with van der Waals surface area (Å²) in [5.41, 5.74) is -1.82. The predicted octanol–water partition coefficient (Wildman–Crippen LogP) is 4.33. The van der Waals surface area contributed by atoms with Gasteiger partial charge in [0.15, 0.2) is 5.60 Å². The molecule has 0 spiro atoms. The summed E-state index contributed by atoms with van der Waals surface area (Å²) in [4.78, 5) is 12.0. The first kappa shape index (κ1) is 20.7. The van der Waals surface area contributed by atoms with Crippen LogP contribution in [0.3, 0.4) is 0 Å². The molecule has 5 nitrogen and oxygen atoms in total. The number of carbonyl (C=O) groups is 1. The number of rotatable bonds is 13. The molecule has 146 valence electrons. The van der Waals surface area contributed by atoms with Crippen LogP contribution in [0.15, 0.2) is 0 Å². The highest BCUT2D eigenvalue weighted by atomic mass is 16.6. The lowest BCUT2D eigenvalue weighted by Crippen LogP contribution is -2.58. The molecule has 0 amide bonds. The first-order valence-electron chi connectivity index (χ1n) is 10.3. The Labute approximate surface area is 152 Å². The Bertz CT molecular complexity index is 384. The van der Waals surface area contributed by atoms with E-state index in [4.69, 9.17) is 14.2 Å². The summed E-state index contributed by atoms with van der Waals surface area (Å²) in [6.45, 7) is 4.87. The number of hydrogen-bond donors (Lipinski definition) is 1. The van der Waals surface area contributed by atoms with Gasteiger partial charge >= 0.3 is 5.97 Å². The van der Waals surface area contributed by atoms with E-state index >= 15 is 0 Å². The molecule has 2 rings (SSSR count). The van der Waals surface area contributed by atoms with Gasteiger partial charge < -0.3 is 19.3 Å². The summed E-state index contributed by atoms with van der Waals surface area (Å²) < 4.78 is 17.5. The van der Waals surface area contributed by atoms with Crippen LogP contribution in [0.2, 0.25) is 0 Å². The summed E-state index contributed by atoms with van der Waals surface area (Å²) in [6, 6.07) is 0. The molecule has 1 N–H and O–H groups in total. The van der Waals surface area contributed by atoms with Crippen LogP contribution in [0.5, 0.6) is 0 Å². The van der Waals surface area contributed by atoms with Gasteiger partial charge in [0, 0.05) is 26.4 Å². The van der Waals surface area contributed by atoms with Gasteiger partial charge in [-0.2, -0.15) is 0 Å². The number of hydrogen-bond acceptors (Lipinski definition) is 4. The van der Waals surface area contributed by atoms with E-state index in [9.17, 15) is 9.90 Å². The molecule has 0 bridgehead atoms. The van der Waals surface area contributed by atoms with Crippen molar-refractivity contribution in [3.63, 3.8) is 0 Å². The fourth-order valence-electron chi connectivity index (χ4n) is 4.32. The molecule has 2 aliphatic rings. The lowest BCUT2D eigenvalue weighted by molar-refractivity contribution is -0.201. The maximum absolute atomic E-state index is 12.0. The largest absolute Gasteiger partial charge is 0.479 e. The molecule has 0 saturated carbocycles. The second kappa shape index (κ2) is 10.5. The average molecular weight is 357 g/mol. The Balaban J connectivity index is 1.69. The highest BCUT2D eigenvalue weighted by molar-refractivity contribution is 5.80. The topological polar surface area (TPSA) is 65.0 Å². The third kappa shape index (κ3) is 5.18. The van der Waals surface area contributed by atoms with Crippen LogP contribution in [0.4, 0.5) is 0 Å². The summed E-state index contributed by atoms with van der Waals surface area (Å²) in [5, 5.41) is 9.81. The van der Waals surface area contributed by atoms with Crippen LogP contribution in [0.25, 0.3) is 0 Å². The zero-order chi connectivity index (χ0) is 18.0. The van der Waals surface area contributed by atoms with Crippen molar-refractivity contribution >= 4 is 5.97 Å². The molecule has 2 saturated heterocycles. The van der Waals surface area contributed by atoms with E-state index in [0.29, 0.717) is 32.7 Å². The normalized spacial score (nSPS) is 29.3. The molecule has 0 aliphatic carbocycles. The standard InChI is InChI=1S/C20H36O5/c1-2-3-4-5-6-7-14-23-15-8-11-19(12-9-16-24-19)20(18(21)22)13-10-17-25-20/h2-17H2,1H3,(H,21,22)/t19-,20-/m0/s1. The summed E-state index contributed by atoms with van der Waals surface area (Å²) in [7, 11) is 0. The SMILES string of the molecule is CCCCCCCCOCCC[C@@]1([C@@]2(C(=O)O)CCCO2)CCCO1. The first-order chi connectivity index (χ1) is 12.2. The molecule has 2 atom stereocenters. The van der Waals surface area contributed by atoms with Gasteiger partial charge in [-0.15, -0.1) is 0 Å². The van der Waals surface area contributed by atoms with Gasteiger partial charge in [0.1, 0.15) is 5.60 Å². The Kier molecular flexibility index (Phi) is 8.67. The molecule has 0 radical (unpaired) electrons. The highest BCUT2D eigenvalue weighted by Crippen LogP contribution is 2.47. The summed E-state index contributed by atoms with van der Waals surface area (Å²) in [6.07, 6.45) is 12.2. The van der Waals surface area contributed by atoms with Crippen LogP contribution in [-0.4, -0.2) is 48.7 Å². The third-order valence-corrected chi connectivity index (χ3v) is 5.72. The molecule has 0 unspecified atom stereocenters. The van der Waals surface area contributed by atoms with E-state index in [1.807, 2.05) is 0 Å². The molecule has 0 aromatic heterocycles. The summed E-state index contributed by atoms with van der Waals surface area (Å²) in [5.74, 6) is -0.861. The fraction of sp³-hybridized carbons (Fsp3) is 0.950. The smallest absolute Gasteiger partial charge is 0.339 e. The number of carboxylic acid groups (broad SMARTS) is 1. The van der Waals surface area contributed by atoms with E-state index in [1.54, 1.807) is 0 Å². The Morgan fingerprint density at radius 1 is 0.960 bits per heavy atom. The van der Waals surface area contributed by atoms with Crippen molar-refractivity contribution in [3.8, 4) is 0 Å². The van der Waals surface area contributed by atoms with Gasteiger partial charge in [-0.3, -0.25) is 0 Å². The second-order valence-electron chi connectivity index (χ2n) is 7.51. The zero-order valence-electron chi connectivity index (χ0n) is 15.9. The Morgan fingerprint density at radius 3 is 2.28 bits per heavy atom. The first-order valence-corrected chi connectivity index (χ1v) is 10.3. The zero-order valence-corrected chi connectivity index (χ0v) is 15.9. The third-order valence-electron chi connectivity index (χ3n) is 5.72. The van der Waals surface area contributed by atoms with Crippen molar-refractivity contribution in [2.45, 2.75) is 95.2 Å². The highest BCUT2D eigenvalue weighted by Gasteiger charge is 2.61. The van der Waals surface area contributed by atoms with Gasteiger partial charge in [-0.05, 0) is 44.9 Å². The molecule has 25 heavy (non-hydrogen) atoms. The van der Waals surface area contributed by atoms with Gasteiger partial charge in [-0.1, -0.05) is 39.0 Å². The molecular formula is C20H36O5. The number of aliphatic carboxylic acids is 1. The van der Waals surface area contributed by atoms with Crippen LogP contribution in [-0.2, 0) is 19.0 Å². The molecule has 2 aliphatic heterocycles. The van der Waals surface area contributed by atoms with Crippen LogP contribution in [0.1, 0.15) is 84.0 Å². The molecule has 2 fully saturated rings. The van der Waals surface area contributed by atoms with Crippen molar-refractivity contribution < 1.29 is 24.1 Å². The van der Waals surface area contributed by atoms with Gasteiger partial charge in [0.25, 0.3) is 0 Å². The van der Waals surface area contributed by atoms with E-state index in [1.165, 1.54) is 32.1 Å². The predicted molar refractivity (Wildman–Crippen MR) is 96.9 cm³/mol. The van der Waals surface area contributed by atoms with E-state index in [0.717, 1.165) is 38.7 Å². The van der Waals surface area contributed by atoms with Gasteiger partial charge in [-0.25, -0.2) is 4.79 Å². The molecule has 5 heteroatoms. The number of ether oxygens (including phenoxy) is 3. The molecule has 0 aromatic rings. The minimum Gasteiger partial charge on any atom is -0.479 e. The van der Waals surface area contributed by atoms with Crippen LogP contribution in [0, 0.1) is 0 Å². The van der Waals surface area contributed by atoms with Crippen LogP contribution >= 0.6 is 0 Å². The minimum absolute atomic E-state index is 0.520.